The van der Waals surface area contributed by atoms with Crippen LogP contribution < -0.4 is 0 Å². The number of hydrogen-bond acceptors (Lipinski definition) is 3. The lowest BCUT2D eigenvalue weighted by Gasteiger charge is -2.21. The number of carbonyl (C=O) groups is 1. The standard InChI is InChI=1S/C14H22N2O2/c1-14(2,13(17)18)7-4-10-16(3)11-12-5-8-15-9-6-12/h5-6,8-9H,4,7,10-11H2,1-3H3,(H,17,18). The van der Waals surface area contributed by atoms with Gasteiger partial charge in [-0.3, -0.25) is 9.78 Å². The van der Waals surface area contributed by atoms with Gasteiger partial charge in [-0.05, 0) is 58.0 Å². The molecule has 0 fully saturated rings. The highest BCUT2D eigenvalue weighted by Gasteiger charge is 2.26. The van der Waals surface area contributed by atoms with Crippen molar-refractivity contribution in [2.75, 3.05) is 13.6 Å². The van der Waals surface area contributed by atoms with Crippen molar-refractivity contribution in [3.05, 3.63) is 30.1 Å². The van der Waals surface area contributed by atoms with Gasteiger partial charge in [0.1, 0.15) is 0 Å². The molecule has 0 aliphatic carbocycles. The Kier molecular flexibility index (Phi) is 5.28. The van der Waals surface area contributed by atoms with Crippen LogP contribution in [0.2, 0.25) is 0 Å². The van der Waals surface area contributed by atoms with Crippen LogP contribution in [0.1, 0.15) is 32.3 Å². The Morgan fingerprint density at radius 3 is 2.56 bits per heavy atom. The molecule has 0 aliphatic rings. The molecular formula is C14H22N2O2. The molecule has 0 amide bonds. The van der Waals surface area contributed by atoms with Crippen LogP contribution in [0.15, 0.2) is 24.5 Å². The monoisotopic (exact) mass is 250 g/mol. The van der Waals surface area contributed by atoms with Crippen LogP contribution in [0.5, 0.6) is 0 Å². The van der Waals surface area contributed by atoms with Crippen LogP contribution in [-0.4, -0.2) is 34.6 Å². The molecule has 1 heterocycles. The molecule has 1 rings (SSSR count). The fourth-order valence-electron chi connectivity index (χ4n) is 1.78. The fraction of sp³-hybridized carbons (Fsp3) is 0.571. The molecule has 0 aliphatic heterocycles. The van der Waals surface area contributed by atoms with Gasteiger partial charge in [0.25, 0.3) is 0 Å². The van der Waals surface area contributed by atoms with E-state index in [9.17, 15) is 4.79 Å². The van der Waals surface area contributed by atoms with Crippen LogP contribution in [0, 0.1) is 5.41 Å². The maximum absolute atomic E-state index is 11.0. The Hall–Kier alpha value is -1.42. The van der Waals surface area contributed by atoms with Gasteiger partial charge in [-0.2, -0.15) is 0 Å². The maximum Gasteiger partial charge on any atom is 0.309 e. The zero-order valence-electron chi connectivity index (χ0n) is 11.4. The van der Waals surface area contributed by atoms with E-state index in [1.54, 1.807) is 26.2 Å². The Labute approximate surface area is 109 Å². The zero-order valence-corrected chi connectivity index (χ0v) is 11.4. The number of aliphatic carboxylic acids is 1. The topological polar surface area (TPSA) is 53.4 Å². The van der Waals surface area contributed by atoms with Gasteiger partial charge in [0, 0.05) is 18.9 Å². The van der Waals surface area contributed by atoms with Crippen molar-refractivity contribution in [2.45, 2.75) is 33.2 Å². The first-order chi connectivity index (χ1) is 8.42. The first-order valence-corrected chi connectivity index (χ1v) is 6.22. The highest BCUT2D eigenvalue weighted by atomic mass is 16.4. The second-order valence-electron chi connectivity index (χ2n) is 5.39. The van der Waals surface area contributed by atoms with Gasteiger partial charge in [0.2, 0.25) is 0 Å². The fourth-order valence-corrected chi connectivity index (χ4v) is 1.78. The van der Waals surface area contributed by atoms with E-state index in [0.717, 1.165) is 19.5 Å². The van der Waals surface area contributed by atoms with E-state index in [1.807, 2.05) is 19.2 Å². The molecule has 4 heteroatoms. The van der Waals surface area contributed by atoms with Gasteiger partial charge >= 0.3 is 5.97 Å². The van der Waals surface area contributed by atoms with Crippen molar-refractivity contribution >= 4 is 5.97 Å². The Balaban J connectivity index is 2.30. The van der Waals surface area contributed by atoms with Crippen molar-refractivity contribution in [1.29, 1.82) is 0 Å². The second kappa shape index (κ2) is 6.50. The van der Waals surface area contributed by atoms with E-state index in [2.05, 4.69) is 9.88 Å². The smallest absolute Gasteiger partial charge is 0.309 e. The van der Waals surface area contributed by atoms with Crippen molar-refractivity contribution < 1.29 is 9.90 Å². The van der Waals surface area contributed by atoms with Crippen LogP contribution in [0.25, 0.3) is 0 Å². The molecule has 100 valence electrons. The third kappa shape index (κ3) is 4.84. The summed E-state index contributed by atoms with van der Waals surface area (Å²) in [6.45, 7) is 5.32. The number of pyridine rings is 1. The summed E-state index contributed by atoms with van der Waals surface area (Å²) >= 11 is 0. The quantitative estimate of drug-likeness (QED) is 0.807. The minimum Gasteiger partial charge on any atom is -0.481 e. The number of hydrogen-bond donors (Lipinski definition) is 1. The summed E-state index contributed by atoms with van der Waals surface area (Å²) in [6.07, 6.45) is 5.16. The normalized spacial score (nSPS) is 11.8. The molecule has 0 bridgehead atoms. The van der Waals surface area contributed by atoms with E-state index in [1.165, 1.54) is 5.56 Å². The largest absolute Gasteiger partial charge is 0.481 e. The van der Waals surface area contributed by atoms with Crippen LogP contribution in [-0.2, 0) is 11.3 Å². The summed E-state index contributed by atoms with van der Waals surface area (Å²) in [4.78, 5) is 17.2. The van der Waals surface area contributed by atoms with E-state index in [0.29, 0.717) is 6.42 Å². The molecule has 0 atom stereocenters. The van der Waals surface area contributed by atoms with Crippen LogP contribution in [0.4, 0.5) is 0 Å². The van der Waals surface area contributed by atoms with Gasteiger partial charge in [0.15, 0.2) is 0 Å². The Morgan fingerprint density at radius 2 is 2.00 bits per heavy atom. The van der Waals surface area contributed by atoms with Gasteiger partial charge in [-0.1, -0.05) is 0 Å². The molecule has 0 aromatic carbocycles. The van der Waals surface area contributed by atoms with Gasteiger partial charge in [-0.25, -0.2) is 0 Å². The number of nitrogens with zero attached hydrogens (tertiary/aromatic N) is 2. The second-order valence-corrected chi connectivity index (χ2v) is 5.39. The molecule has 0 unspecified atom stereocenters. The molecule has 1 aromatic heterocycles. The number of carboxylic acid groups (broad SMARTS) is 1. The number of rotatable bonds is 7. The predicted octanol–water partition coefficient (Wildman–Crippen LogP) is 2.40. The number of aromatic nitrogens is 1. The molecule has 0 radical (unpaired) electrons. The van der Waals surface area contributed by atoms with E-state index in [-0.39, 0.29) is 0 Å². The van der Waals surface area contributed by atoms with Gasteiger partial charge < -0.3 is 10.0 Å². The maximum atomic E-state index is 11.0. The molecular weight excluding hydrogens is 228 g/mol. The molecule has 0 saturated heterocycles. The lowest BCUT2D eigenvalue weighted by Crippen LogP contribution is -2.26. The minimum atomic E-state index is -0.723. The first-order valence-electron chi connectivity index (χ1n) is 6.22. The summed E-state index contributed by atoms with van der Waals surface area (Å²) in [7, 11) is 2.05. The lowest BCUT2D eigenvalue weighted by atomic mass is 9.88. The average molecular weight is 250 g/mol. The van der Waals surface area contributed by atoms with Crippen LogP contribution in [0.3, 0.4) is 0 Å². The van der Waals surface area contributed by atoms with Crippen LogP contribution >= 0.6 is 0 Å². The average Bonchev–Trinajstić information content (AvgIpc) is 2.29. The molecule has 0 saturated carbocycles. The molecule has 4 nitrogen and oxygen atoms in total. The highest BCUT2D eigenvalue weighted by molar-refractivity contribution is 5.73. The first kappa shape index (κ1) is 14.6. The Bertz CT molecular complexity index is 377. The third-order valence-electron chi connectivity index (χ3n) is 3.12. The van der Waals surface area contributed by atoms with Gasteiger partial charge in [0.05, 0.1) is 5.41 Å². The Morgan fingerprint density at radius 1 is 1.39 bits per heavy atom. The molecule has 0 spiro atoms. The van der Waals surface area contributed by atoms with Crippen molar-refractivity contribution in [2.24, 2.45) is 5.41 Å². The van der Waals surface area contributed by atoms with Crippen molar-refractivity contribution in [3.63, 3.8) is 0 Å². The summed E-state index contributed by atoms with van der Waals surface area (Å²) in [5.41, 5.74) is 0.599. The predicted molar refractivity (Wildman–Crippen MR) is 71.2 cm³/mol. The number of carboxylic acids is 1. The van der Waals surface area contributed by atoms with E-state index in [4.69, 9.17) is 5.11 Å². The molecule has 1 aromatic rings. The van der Waals surface area contributed by atoms with Crippen molar-refractivity contribution in [1.82, 2.24) is 9.88 Å². The lowest BCUT2D eigenvalue weighted by molar-refractivity contribution is -0.147. The SMILES string of the molecule is CN(CCCC(C)(C)C(=O)O)Cc1ccncc1. The summed E-state index contributed by atoms with van der Waals surface area (Å²) in [6, 6.07) is 4.00. The van der Waals surface area contributed by atoms with E-state index >= 15 is 0 Å². The summed E-state index contributed by atoms with van der Waals surface area (Å²) in [5.74, 6) is -0.723. The molecule has 1 N–H and O–H groups in total. The molecule has 18 heavy (non-hydrogen) atoms. The van der Waals surface area contributed by atoms with Gasteiger partial charge in [-0.15, -0.1) is 0 Å². The minimum absolute atomic E-state index is 0.627. The summed E-state index contributed by atoms with van der Waals surface area (Å²) < 4.78 is 0. The third-order valence-corrected chi connectivity index (χ3v) is 3.12. The van der Waals surface area contributed by atoms with Crippen molar-refractivity contribution in [3.8, 4) is 0 Å². The zero-order chi connectivity index (χ0) is 13.6. The summed E-state index contributed by atoms with van der Waals surface area (Å²) in [5, 5.41) is 9.02. The highest BCUT2D eigenvalue weighted by Crippen LogP contribution is 2.22. The van der Waals surface area contributed by atoms with E-state index < -0.39 is 11.4 Å².